The van der Waals surface area contributed by atoms with E-state index >= 15 is 0 Å². The van der Waals surface area contributed by atoms with Gasteiger partial charge in [-0.1, -0.05) is 54.6 Å². The average molecular weight is 225 g/mol. The number of aryl methyl sites for hydroxylation is 1. The number of rotatable bonds is 4. The van der Waals surface area contributed by atoms with Gasteiger partial charge in [-0.3, -0.25) is 0 Å². The summed E-state index contributed by atoms with van der Waals surface area (Å²) in [5.41, 5.74) is 10.2. The lowest BCUT2D eigenvalue weighted by Gasteiger charge is -2.13. The summed E-state index contributed by atoms with van der Waals surface area (Å²) in [5.74, 6) is 0. The molecule has 0 saturated heterocycles. The summed E-state index contributed by atoms with van der Waals surface area (Å²) < 4.78 is 0. The van der Waals surface area contributed by atoms with Crippen molar-refractivity contribution in [3.8, 4) is 0 Å². The molecule has 0 amide bonds. The second-order valence-electron chi connectivity index (χ2n) is 4.58. The summed E-state index contributed by atoms with van der Waals surface area (Å²) in [4.78, 5) is 0. The quantitative estimate of drug-likeness (QED) is 0.850. The number of hydrogen-bond acceptors (Lipinski definition) is 1. The molecule has 2 rings (SSSR count). The van der Waals surface area contributed by atoms with Gasteiger partial charge < -0.3 is 5.73 Å². The van der Waals surface area contributed by atoms with E-state index < -0.39 is 0 Å². The van der Waals surface area contributed by atoms with Crippen LogP contribution in [0.4, 0.5) is 0 Å². The zero-order valence-corrected chi connectivity index (χ0v) is 10.3. The highest BCUT2D eigenvalue weighted by atomic mass is 14.6. The topological polar surface area (TPSA) is 26.0 Å². The van der Waals surface area contributed by atoms with Gasteiger partial charge in [-0.25, -0.2) is 0 Å². The lowest BCUT2D eigenvalue weighted by Crippen LogP contribution is -2.25. The fraction of sp³-hybridized carbons (Fsp3) is 0.250. The second-order valence-corrected chi connectivity index (χ2v) is 4.58. The van der Waals surface area contributed by atoms with Crippen LogP contribution in [0.15, 0.2) is 54.6 Å². The Morgan fingerprint density at radius 3 is 2.24 bits per heavy atom. The normalized spacial score (nSPS) is 12.4. The molecule has 1 unspecified atom stereocenters. The maximum atomic E-state index is 6.21. The lowest BCUT2D eigenvalue weighted by molar-refractivity contribution is 0.663. The Bertz CT molecular complexity index is 462. The number of hydrogen-bond donors (Lipinski definition) is 1. The molecule has 1 nitrogen and oxygen atoms in total. The molecule has 0 fully saturated rings. The van der Waals surface area contributed by atoms with Crippen molar-refractivity contribution in [1.82, 2.24) is 0 Å². The molecular formula is C16H19N. The molecule has 0 aromatic heterocycles. The van der Waals surface area contributed by atoms with E-state index in [1.54, 1.807) is 0 Å². The molecule has 1 atom stereocenters. The van der Waals surface area contributed by atoms with Crippen LogP contribution in [0.3, 0.4) is 0 Å². The first kappa shape index (κ1) is 11.9. The van der Waals surface area contributed by atoms with Crippen LogP contribution in [0.2, 0.25) is 0 Å². The highest BCUT2D eigenvalue weighted by Crippen LogP contribution is 2.11. The van der Waals surface area contributed by atoms with Crippen molar-refractivity contribution >= 4 is 0 Å². The average Bonchev–Trinajstić information content (AvgIpc) is 2.33. The van der Waals surface area contributed by atoms with Gasteiger partial charge in [0, 0.05) is 6.04 Å². The third-order valence-electron chi connectivity index (χ3n) is 3.08. The maximum Gasteiger partial charge on any atom is 0.0120 e. The molecule has 2 N–H and O–H groups in total. The first-order valence-electron chi connectivity index (χ1n) is 6.09. The van der Waals surface area contributed by atoms with Crippen LogP contribution in [0.1, 0.15) is 16.7 Å². The standard InChI is InChI=1S/C16H19N/c1-13-7-5-6-10-15(13)12-16(17)11-14-8-3-2-4-9-14/h2-10,16H,11-12,17H2,1H3. The van der Waals surface area contributed by atoms with Crippen molar-refractivity contribution in [3.05, 3.63) is 71.3 Å². The minimum Gasteiger partial charge on any atom is -0.327 e. The van der Waals surface area contributed by atoms with Crippen molar-refractivity contribution in [3.63, 3.8) is 0 Å². The molecule has 88 valence electrons. The predicted octanol–water partition coefficient (Wildman–Crippen LogP) is 3.11. The Morgan fingerprint density at radius 2 is 1.53 bits per heavy atom. The van der Waals surface area contributed by atoms with Crippen molar-refractivity contribution in [2.24, 2.45) is 5.73 Å². The van der Waals surface area contributed by atoms with Gasteiger partial charge in [0.15, 0.2) is 0 Å². The first-order chi connectivity index (χ1) is 8.25. The molecule has 2 aromatic carbocycles. The predicted molar refractivity (Wildman–Crippen MR) is 73.0 cm³/mol. The Balaban J connectivity index is 1.98. The Hall–Kier alpha value is -1.60. The van der Waals surface area contributed by atoms with Crippen LogP contribution < -0.4 is 5.73 Å². The van der Waals surface area contributed by atoms with Crippen LogP contribution >= 0.6 is 0 Å². The second kappa shape index (κ2) is 5.65. The molecule has 0 bridgehead atoms. The largest absolute Gasteiger partial charge is 0.327 e. The zero-order valence-electron chi connectivity index (χ0n) is 10.3. The Morgan fingerprint density at radius 1 is 0.882 bits per heavy atom. The van der Waals surface area contributed by atoms with Crippen LogP contribution in [0.25, 0.3) is 0 Å². The Labute approximate surface area is 103 Å². The fourth-order valence-corrected chi connectivity index (χ4v) is 2.11. The van der Waals surface area contributed by atoms with Gasteiger partial charge in [-0.05, 0) is 36.5 Å². The SMILES string of the molecule is Cc1ccccc1CC(N)Cc1ccccc1. The van der Waals surface area contributed by atoms with Gasteiger partial charge in [0.2, 0.25) is 0 Å². The van der Waals surface area contributed by atoms with E-state index in [0.717, 1.165) is 12.8 Å². The highest BCUT2D eigenvalue weighted by molar-refractivity contribution is 5.27. The van der Waals surface area contributed by atoms with Gasteiger partial charge in [0.1, 0.15) is 0 Å². The molecule has 17 heavy (non-hydrogen) atoms. The minimum atomic E-state index is 0.193. The molecule has 0 saturated carbocycles. The molecule has 0 radical (unpaired) electrons. The molecule has 0 aliphatic carbocycles. The molecule has 0 aliphatic heterocycles. The maximum absolute atomic E-state index is 6.21. The van der Waals surface area contributed by atoms with E-state index in [-0.39, 0.29) is 6.04 Å². The Kier molecular flexibility index (Phi) is 3.94. The summed E-state index contributed by atoms with van der Waals surface area (Å²) in [6, 6.07) is 19.1. The summed E-state index contributed by atoms with van der Waals surface area (Å²) in [7, 11) is 0. The van der Waals surface area contributed by atoms with Crippen LogP contribution in [0, 0.1) is 6.92 Å². The smallest absolute Gasteiger partial charge is 0.0120 e. The minimum absolute atomic E-state index is 0.193. The summed E-state index contributed by atoms with van der Waals surface area (Å²) in [6.07, 6.45) is 1.89. The van der Waals surface area contributed by atoms with E-state index in [1.165, 1.54) is 16.7 Å². The lowest BCUT2D eigenvalue weighted by atomic mass is 9.97. The monoisotopic (exact) mass is 225 g/mol. The summed E-state index contributed by atoms with van der Waals surface area (Å²) in [6.45, 7) is 2.14. The molecule has 0 spiro atoms. The van der Waals surface area contributed by atoms with E-state index in [9.17, 15) is 0 Å². The first-order valence-corrected chi connectivity index (χ1v) is 6.09. The molecule has 2 aromatic rings. The van der Waals surface area contributed by atoms with Gasteiger partial charge in [0.05, 0.1) is 0 Å². The van der Waals surface area contributed by atoms with Crippen LogP contribution in [-0.4, -0.2) is 6.04 Å². The summed E-state index contributed by atoms with van der Waals surface area (Å²) >= 11 is 0. The zero-order chi connectivity index (χ0) is 12.1. The third-order valence-corrected chi connectivity index (χ3v) is 3.08. The molecule has 0 aliphatic rings. The highest BCUT2D eigenvalue weighted by Gasteiger charge is 2.06. The van der Waals surface area contributed by atoms with Crippen LogP contribution in [-0.2, 0) is 12.8 Å². The van der Waals surface area contributed by atoms with Gasteiger partial charge in [-0.15, -0.1) is 0 Å². The number of nitrogens with two attached hydrogens (primary N) is 1. The van der Waals surface area contributed by atoms with Gasteiger partial charge >= 0.3 is 0 Å². The fourth-order valence-electron chi connectivity index (χ4n) is 2.11. The van der Waals surface area contributed by atoms with E-state index in [2.05, 4.69) is 55.5 Å². The van der Waals surface area contributed by atoms with E-state index in [1.807, 2.05) is 6.07 Å². The van der Waals surface area contributed by atoms with Gasteiger partial charge in [0.25, 0.3) is 0 Å². The van der Waals surface area contributed by atoms with Crippen molar-refractivity contribution in [1.29, 1.82) is 0 Å². The third kappa shape index (κ3) is 3.43. The van der Waals surface area contributed by atoms with E-state index in [4.69, 9.17) is 5.73 Å². The van der Waals surface area contributed by atoms with Crippen molar-refractivity contribution in [2.75, 3.05) is 0 Å². The summed E-state index contributed by atoms with van der Waals surface area (Å²) in [5, 5.41) is 0. The molecule has 0 heterocycles. The number of benzene rings is 2. The van der Waals surface area contributed by atoms with Crippen molar-refractivity contribution in [2.45, 2.75) is 25.8 Å². The van der Waals surface area contributed by atoms with E-state index in [0.29, 0.717) is 0 Å². The van der Waals surface area contributed by atoms with Crippen molar-refractivity contribution < 1.29 is 0 Å². The van der Waals surface area contributed by atoms with Crippen LogP contribution in [0.5, 0.6) is 0 Å². The molecular weight excluding hydrogens is 206 g/mol. The molecule has 1 heteroatoms. The van der Waals surface area contributed by atoms with Gasteiger partial charge in [-0.2, -0.15) is 0 Å².